The van der Waals surface area contributed by atoms with Crippen molar-refractivity contribution in [3.05, 3.63) is 29.6 Å². The van der Waals surface area contributed by atoms with Gasteiger partial charge >= 0.3 is 0 Å². The highest BCUT2D eigenvalue weighted by molar-refractivity contribution is 5.97. The Morgan fingerprint density at radius 1 is 1.25 bits per heavy atom. The molecule has 1 aliphatic rings. The second kappa shape index (κ2) is 6.45. The van der Waals surface area contributed by atoms with Crippen molar-refractivity contribution >= 4 is 24.0 Å². The number of piperidine rings is 1. The summed E-state index contributed by atoms with van der Waals surface area (Å²) < 4.78 is 38.9. The molecule has 0 aliphatic carbocycles. The maximum atomic E-state index is 13.0. The topological polar surface area (TPSA) is 41.1 Å². The summed E-state index contributed by atoms with van der Waals surface area (Å²) in [5.41, 5.74) is -0.852. The summed E-state index contributed by atoms with van der Waals surface area (Å²) in [6.45, 7) is 2.45. The molecule has 0 aromatic heterocycles. The van der Waals surface area contributed by atoms with Crippen LogP contribution in [-0.2, 0) is 4.79 Å². The highest BCUT2D eigenvalue weighted by Gasteiger charge is 2.34. The fourth-order valence-corrected chi connectivity index (χ4v) is 2.15. The standard InChI is InChI=1S/C13H15F3N2O.ClH/c1-13(4-2-3-5-17-13)12(19)18-8-6-9(14)11(16)10(15)7-8;/h6-7,17H,2-5H2,1H3,(H,18,19);1H. The largest absolute Gasteiger partial charge is 0.324 e. The fourth-order valence-electron chi connectivity index (χ4n) is 2.15. The zero-order valence-corrected chi connectivity index (χ0v) is 11.8. The lowest BCUT2D eigenvalue weighted by Gasteiger charge is -2.33. The lowest BCUT2D eigenvalue weighted by molar-refractivity contribution is -0.122. The average molecular weight is 309 g/mol. The Bertz CT molecular complexity index is 481. The number of rotatable bonds is 2. The van der Waals surface area contributed by atoms with Crippen LogP contribution in [0.4, 0.5) is 18.9 Å². The van der Waals surface area contributed by atoms with E-state index in [4.69, 9.17) is 0 Å². The van der Waals surface area contributed by atoms with E-state index in [-0.39, 0.29) is 24.0 Å². The van der Waals surface area contributed by atoms with Crippen molar-refractivity contribution < 1.29 is 18.0 Å². The molecule has 112 valence electrons. The van der Waals surface area contributed by atoms with Gasteiger partial charge in [-0.05, 0) is 32.7 Å². The summed E-state index contributed by atoms with van der Waals surface area (Å²) in [6, 6.07) is 1.53. The number of nitrogens with one attached hydrogen (secondary N) is 2. The van der Waals surface area contributed by atoms with Crippen molar-refractivity contribution in [2.75, 3.05) is 11.9 Å². The zero-order valence-electron chi connectivity index (χ0n) is 10.9. The summed E-state index contributed by atoms with van der Waals surface area (Å²) in [6.07, 6.45) is 2.54. The van der Waals surface area contributed by atoms with Gasteiger partial charge in [0.1, 0.15) is 0 Å². The molecule has 0 bridgehead atoms. The van der Waals surface area contributed by atoms with Gasteiger partial charge in [0, 0.05) is 17.8 Å². The monoisotopic (exact) mass is 308 g/mol. The van der Waals surface area contributed by atoms with Gasteiger partial charge in [0.25, 0.3) is 0 Å². The SMILES string of the molecule is CC1(C(=O)Nc2cc(F)c(F)c(F)c2)CCCCN1.Cl. The molecule has 0 spiro atoms. The van der Waals surface area contributed by atoms with Gasteiger partial charge in [0.15, 0.2) is 17.5 Å². The number of hydrogen-bond donors (Lipinski definition) is 2. The molecule has 0 saturated carbocycles. The van der Waals surface area contributed by atoms with Crippen LogP contribution in [0.25, 0.3) is 0 Å². The molecule has 1 heterocycles. The third kappa shape index (κ3) is 3.43. The predicted molar refractivity (Wildman–Crippen MR) is 72.5 cm³/mol. The Hall–Kier alpha value is -1.27. The van der Waals surface area contributed by atoms with Crippen molar-refractivity contribution in [2.45, 2.75) is 31.7 Å². The lowest BCUT2D eigenvalue weighted by atomic mass is 9.90. The molecule has 1 atom stereocenters. The van der Waals surface area contributed by atoms with Gasteiger partial charge in [-0.3, -0.25) is 4.79 Å². The van der Waals surface area contributed by atoms with E-state index in [1.807, 2.05) is 0 Å². The minimum atomic E-state index is -1.54. The highest BCUT2D eigenvalue weighted by atomic mass is 35.5. The van der Waals surface area contributed by atoms with Gasteiger partial charge < -0.3 is 10.6 Å². The number of carbonyl (C=O) groups is 1. The first-order valence-corrected chi connectivity index (χ1v) is 6.13. The average Bonchev–Trinajstić information content (AvgIpc) is 2.36. The molecule has 1 aromatic carbocycles. The van der Waals surface area contributed by atoms with Gasteiger partial charge in [-0.25, -0.2) is 13.2 Å². The molecule has 1 aromatic rings. The molecule has 2 N–H and O–H groups in total. The van der Waals surface area contributed by atoms with Crippen LogP contribution in [0.1, 0.15) is 26.2 Å². The fraction of sp³-hybridized carbons (Fsp3) is 0.462. The van der Waals surface area contributed by atoms with Gasteiger partial charge in [-0.1, -0.05) is 0 Å². The second-order valence-electron chi connectivity index (χ2n) is 4.92. The Labute approximate surface area is 121 Å². The van der Waals surface area contributed by atoms with Crippen LogP contribution in [0.3, 0.4) is 0 Å². The Balaban J connectivity index is 0.00000200. The minimum absolute atomic E-state index is 0. The first-order valence-electron chi connectivity index (χ1n) is 6.13. The number of anilines is 1. The van der Waals surface area contributed by atoms with E-state index in [0.29, 0.717) is 6.42 Å². The summed E-state index contributed by atoms with van der Waals surface area (Å²) in [5.74, 6) is -4.56. The normalized spacial score (nSPS) is 22.0. The van der Waals surface area contributed by atoms with E-state index in [1.54, 1.807) is 6.92 Å². The predicted octanol–water partition coefficient (Wildman–Crippen LogP) is 3.00. The van der Waals surface area contributed by atoms with Gasteiger partial charge in [0.2, 0.25) is 5.91 Å². The number of halogens is 4. The van der Waals surface area contributed by atoms with Gasteiger partial charge in [-0.2, -0.15) is 0 Å². The molecule has 1 aliphatic heterocycles. The van der Waals surface area contributed by atoms with Crippen LogP contribution in [-0.4, -0.2) is 18.0 Å². The number of carbonyl (C=O) groups excluding carboxylic acids is 1. The molecule has 2 rings (SSSR count). The minimum Gasteiger partial charge on any atom is -0.324 e. The first kappa shape index (κ1) is 16.8. The first-order chi connectivity index (χ1) is 8.92. The molecular weight excluding hydrogens is 293 g/mol. The second-order valence-corrected chi connectivity index (χ2v) is 4.92. The van der Waals surface area contributed by atoms with E-state index >= 15 is 0 Å². The maximum absolute atomic E-state index is 13.0. The third-order valence-electron chi connectivity index (χ3n) is 3.36. The van der Waals surface area contributed by atoms with Crippen LogP contribution >= 0.6 is 12.4 Å². The van der Waals surface area contributed by atoms with Crippen molar-refractivity contribution in [3.63, 3.8) is 0 Å². The van der Waals surface area contributed by atoms with E-state index in [0.717, 1.165) is 31.5 Å². The van der Waals surface area contributed by atoms with Crippen LogP contribution in [0.2, 0.25) is 0 Å². The number of benzene rings is 1. The van der Waals surface area contributed by atoms with Crippen molar-refractivity contribution in [1.29, 1.82) is 0 Å². The summed E-state index contributed by atoms with van der Waals surface area (Å²) >= 11 is 0. The Kier molecular flexibility index (Phi) is 5.42. The van der Waals surface area contributed by atoms with Crippen molar-refractivity contribution in [1.82, 2.24) is 5.32 Å². The summed E-state index contributed by atoms with van der Waals surface area (Å²) in [7, 11) is 0. The van der Waals surface area contributed by atoms with Crippen LogP contribution < -0.4 is 10.6 Å². The summed E-state index contributed by atoms with van der Waals surface area (Å²) in [5, 5.41) is 5.50. The molecule has 1 saturated heterocycles. The van der Waals surface area contributed by atoms with Crippen LogP contribution in [0, 0.1) is 17.5 Å². The van der Waals surface area contributed by atoms with E-state index in [1.165, 1.54) is 0 Å². The maximum Gasteiger partial charge on any atom is 0.244 e. The molecule has 1 fully saturated rings. The van der Waals surface area contributed by atoms with Crippen molar-refractivity contribution in [3.8, 4) is 0 Å². The zero-order chi connectivity index (χ0) is 14.0. The van der Waals surface area contributed by atoms with E-state index in [9.17, 15) is 18.0 Å². The number of amides is 1. The molecule has 20 heavy (non-hydrogen) atoms. The van der Waals surface area contributed by atoms with Crippen molar-refractivity contribution in [2.24, 2.45) is 0 Å². The third-order valence-corrected chi connectivity index (χ3v) is 3.36. The molecular formula is C13H16ClF3N2O. The van der Waals surface area contributed by atoms with Crippen LogP contribution in [0.5, 0.6) is 0 Å². The highest BCUT2D eigenvalue weighted by Crippen LogP contribution is 2.22. The molecule has 1 unspecified atom stereocenters. The molecule has 1 amide bonds. The van der Waals surface area contributed by atoms with E-state index < -0.39 is 23.0 Å². The quantitative estimate of drug-likeness (QED) is 0.825. The van der Waals surface area contributed by atoms with Gasteiger partial charge in [-0.15, -0.1) is 12.4 Å². The smallest absolute Gasteiger partial charge is 0.244 e. The molecule has 3 nitrogen and oxygen atoms in total. The summed E-state index contributed by atoms with van der Waals surface area (Å²) in [4.78, 5) is 12.1. The Morgan fingerprint density at radius 3 is 2.35 bits per heavy atom. The Morgan fingerprint density at radius 2 is 1.85 bits per heavy atom. The van der Waals surface area contributed by atoms with E-state index in [2.05, 4.69) is 10.6 Å². The number of hydrogen-bond acceptors (Lipinski definition) is 2. The van der Waals surface area contributed by atoms with Crippen LogP contribution in [0.15, 0.2) is 12.1 Å². The molecule has 7 heteroatoms. The lowest BCUT2D eigenvalue weighted by Crippen LogP contribution is -2.54. The van der Waals surface area contributed by atoms with Gasteiger partial charge in [0.05, 0.1) is 5.54 Å². The molecule has 0 radical (unpaired) electrons.